The van der Waals surface area contributed by atoms with Crippen LogP contribution in [0.2, 0.25) is 0 Å². The molecule has 2 N–H and O–H groups in total. The smallest absolute Gasteiger partial charge is 0.320 e. The molecule has 0 bridgehead atoms. The van der Waals surface area contributed by atoms with E-state index in [9.17, 15) is 9.59 Å². The van der Waals surface area contributed by atoms with E-state index in [0.717, 1.165) is 6.42 Å². The second kappa shape index (κ2) is 6.40. The molecule has 0 heterocycles. The van der Waals surface area contributed by atoms with E-state index in [1.165, 1.54) is 0 Å². The number of nitrogens with zero attached hydrogens (tertiary/aromatic N) is 1. The first kappa shape index (κ1) is 13.9. The highest BCUT2D eigenvalue weighted by molar-refractivity contribution is 5.73. The molecule has 88 valence electrons. The van der Waals surface area contributed by atoms with Crippen LogP contribution in [0.1, 0.15) is 26.7 Å². The van der Waals surface area contributed by atoms with Gasteiger partial charge in [0.15, 0.2) is 0 Å². The number of aliphatic carboxylic acids is 2. The van der Waals surface area contributed by atoms with Gasteiger partial charge in [-0.2, -0.15) is 0 Å². The number of rotatable bonds is 7. The fourth-order valence-electron chi connectivity index (χ4n) is 1.44. The first-order valence-corrected chi connectivity index (χ1v) is 5.06. The lowest BCUT2D eigenvalue weighted by molar-refractivity contribution is -0.146. The van der Waals surface area contributed by atoms with Crippen LogP contribution < -0.4 is 0 Å². The van der Waals surface area contributed by atoms with Gasteiger partial charge in [0, 0.05) is 6.54 Å². The van der Waals surface area contributed by atoms with Crippen molar-refractivity contribution in [3.63, 3.8) is 0 Å². The monoisotopic (exact) mass is 217 g/mol. The fraction of sp³-hybridized carbons (Fsp3) is 0.800. The molecule has 0 aromatic rings. The van der Waals surface area contributed by atoms with Crippen LogP contribution in [-0.2, 0) is 9.59 Å². The molecule has 0 aliphatic carbocycles. The maximum atomic E-state index is 10.9. The minimum absolute atomic E-state index is 0.256. The summed E-state index contributed by atoms with van der Waals surface area (Å²) in [6.07, 6.45) is 1.31. The standard InChI is InChI=1S/C10H19NO4/c1-4-5-8(10(14)15)11(3)6-7(2)9(12)13/h7-8H,4-6H2,1-3H3,(H,12,13)(H,14,15). The molecular weight excluding hydrogens is 198 g/mol. The predicted molar refractivity (Wildman–Crippen MR) is 55.8 cm³/mol. The molecule has 0 radical (unpaired) electrons. The molecule has 0 saturated heterocycles. The first-order valence-electron chi connectivity index (χ1n) is 5.06. The second-order valence-corrected chi connectivity index (χ2v) is 3.82. The molecule has 0 rings (SSSR count). The summed E-state index contributed by atoms with van der Waals surface area (Å²) in [4.78, 5) is 23.1. The number of hydrogen-bond acceptors (Lipinski definition) is 3. The Morgan fingerprint density at radius 3 is 2.13 bits per heavy atom. The zero-order chi connectivity index (χ0) is 12.0. The van der Waals surface area contributed by atoms with Gasteiger partial charge < -0.3 is 10.2 Å². The Morgan fingerprint density at radius 1 is 1.27 bits per heavy atom. The lowest BCUT2D eigenvalue weighted by Crippen LogP contribution is -2.41. The number of hydrogen-bond donors (Lipinski definition) is 2. The van der Waals surface area contributed by atoms with Crippen LogP contribution in [0.5, 0.6) is 0 Å². The number of carboxylic acids is 2. The van der Waals surface area contributed by atoms with E-state index in [0.29, 0.717) is 6.42 Å². The highest BCUT2D eigenvalue weighted by Crippen LogP contribution is 2.08. The van der Waals surface area contributed by atoms with Gasteiger partial charge in [0.1, 0.15) is 6.04 Å². The van der Waals surface area contributed by atoms with Crippen molar-refractivity contribution in [3.8, 4) is 0 Å². The molecule has 0 aliphatic rings. The van der Waals surface area contributed by atoms with Crippen molar-refractivity contribution in [2.75, 3.05) is 13.6 Å². The second-order valence-electron chi connectivity index (χ2n) is 3.82. The Morgan fingerprint density at radius 2 is 1.80 bits per heavy atom. The summed E-state index contributed by atoms with van der Waals surface area (Å²) in [7, 11) is 1.65. The van der Waals surface area contributed by atoms with Crippen LogP contribution in [0, 0.1) is 5.92 Å². The summed E-state index contributed by atoms with van der Waals surface area (Å²) < 4.78 is 0. The summed E-state index contributed by atoms with van der Waals surface area (Å²) in [5.41, 5.74) is 0. The molecule has 5 nitrogen and oxygen atoms in total. The average molecular weight is 217 g/mol. The lowest BCUT2D eigenvalue weighted by atomic mass is 10.1. The predicted octanol–water partition coefficient (Wildman–Crippen LogP) is 0.892. The molecule has 0 amide bonds. The summed E-state index contributed by atoms with van der Waals surface area (Å²) in [5, 5.41) is 17.6. The van der Waals surface area contributed by atoms with Gasteiger partial charge in [0.05, 0.1) is 5.92 Å². The minimum atomic E-state index is -0.900. The molecule has 0 fully saturated rings. The molecule has 2 atom stereocenters. The lowest BCUT2D eigenvalue weighted by Gasteiger charge is -2.25. The van der Waals surface area contributed by atoms with Crippen LogP contribution in [0.25, 0.3) is 0 Å². The van der Waals surface area contributed by atoms with Crippen LogP contribution in [0.15, 0.2) is 0 Å². The zero-order valence-corrected chi connectivity index (χ0v) is 9.43. The van der Waals surface area contributed by atoms with Crippen molar-refractivity contribution in [3.05, 3.63) is 0 Å². The minimum Gasteiger partial charge on any atom is -0.481 e. The van der Waals surface area contributed by atoms with Gasteiger partial charge in [0.2, 0.25) is 0 Å². The molecule has 0 aromatic carbocycles. The molecule has 2 unspecified atom stereocenters. The molecule has 15 heavy (non-hydrogen) atoms. The Hall–Kier alpha value is -1.10. The molecule has 0 saturated carbocycles. The van der Waals surface area contributed by atoms with Crippen LogP contribution in [0.3, 0.4) is 0 Å². The van der Waals surface area contributed by atoms with E-state index >= 15 is 0 Å². The van der Waals surface area contributed by atoms with E-state index in [1.807, 2.05) is 6.92 Å². The van der Waals surface area contributed by atoms with Gasteiger partial charge in [0.25, 0.3) is 0 Å². The van der Waals surface area contributed by atoms with Crippen molar-refractivity contribution in [2.45, 2.75) is 32.7 Å². The van der Waals surface area contributed by atoms with Gasteiger partial charge in [-0.1, -0.05) is 20.3 Å². The third-order valence-electron chi connectivity index (χ3n) is 2.36. The van der Waals surface area contributed by atoms with Gasteiger partial charge in [-0.3, -0.25) is 14.5 Å². The maximum absolute atomic E-state index is 10.9. The fourth-order valence-corrected chi connectivity index (χ4v) is 1.44. The SMILES string of the molecule is CCCC(C(=O)O)N(C)CC(C)C(=O)O. The zero-order valence-electron chi connectivity index (χ0n) is 9.43. The van der Waals surface area contributed by atoms with Gasteiger partial charge in [-0.15, -0.1) is 0 Å². The highest BCUT2D eigenvalue weighted by Gasteiger charge is 2.24. The van der Waals surface area contributed by atoms with Gasteiger partial charge in [-0.25, -0.2) is 0 Å². The Kier molecular flexibility index (Phi) is 5.93. The maximum Gasteiger partial charge on any atom is 0.320 e. The third kappa shape index (κ3) is 4.78. The molecule has 0 aliphatic heterocycles. The molecule has 5 heteroatoms. The topological polar surface area (TPSA) is 77.8 Å². The van der Waals surface area contributed by atoms with Crippen LogP contribution >= 0.6 is 0 Å². The van der Waals surface area contributed by atoms with Crippen LogP contribution in [0.4, 0.5) is 0 Å². The molecule has 0 aromatic heterocycles. The van der Waals surface area contributed by atoms with Crippen LogP contribution in [-0.4, -0.2) is 46.7 Å². The van der Waals surface area contributed by atoms with Gasteiger partial charge >= 0.3 is 11.9 Å². The molecule has 0 spiro atoms. The largest absolute Gasteiger partial charge is 0.481 e. The van der Waals surface area contributed by atoms with Crippen molar-refractivity contribution in [1.82, 2.24) is 4.90 Å². The van der Waals surface area contributed by atoms with E-state index in [1.54, 1.807) is 18.9 Å². The Labute approximate surface area is 89.7 Å². The average Bonchev–Trinajstić information content (AvgIpc) is 2.12. The van der Waals surface area contributed by atoms with Crippen molar-refractivity contribution in [1.29, 1.82) is 0 Å². The van der Waals surface area contributed by atoms with E-state index < -0.39 is 23.9 Å². The summed E-state index contributed by atoms with van der Waals surface area (Å²) in [6, 6.07) is -0.586. The number of likely N-dealkylation sites (N-methyl/N-ethyl adjacent to an activating group) is 1. The number of carboxylic acid groups (broad SMARTS) is 2. The Balaban J connectivity index is 4.31. The first-order chi connectivity index (χ1) is 6.90. The van der Waals surface area contributed by atoms with Crippen molar-refractivity contribution >= 4 is 11.9 Å². The molecular formula is C10H19NO4. The summed E-state index contributed by atoms with van der Waals surface area (Å²) in [6.45, 7) is 3.74. The van der Waals surface area contributed by atoms with Crippen molar-refractivity contribution in [2.24, 2.45) is 5.92 Å². The Bertz CT molecular complexity index is 229. The summed E-state index contributed by atoms with van der Waals surface area (Å²) in [5.74, 6) is -2.34. The quantitative estimate of drug-likeness (QED) is 0.662. The van der Waals surface area contributed by atoms with E-state index in [-0.39, 0.29) is 6.54 Å². The van der Waals surface area contributed by atoms with Gasteiger partial charge in [-0.05, 0) is 13.5 Å². The third-order valence-corrected chi connectivity index (χ3v) is 2.36. The number of carbonyl (C=O) groups is 2. The van der Waals surface area contributed by atoms with Crippen molar-refractivity contribution < 1.29 is 19.8 Å². The highest BCUT2D eigenvalue weighted by atomic mass is 16.4. The van der Waals surface area contributed by atoms with E-state index in [2.05, 4.69) is 0 Å². The summed E-state index contributed by atoms with van der Waals surface area (Å²) >= 11 is 0. The van der Waals surface area contributed by atoms with E-state index in [4.69, 9.17) is 10.2 Å². The normalized spacial score (nSPS) is 14.9.